The zero-order valence-corrected chi connectivity index (χ0v) is 8.23. The van der Waals surface area contributed by atoms with Crippen molar-refractivity contribution in [3.63, 3.8) is 0 Å². The Morgan fingerprint density at radius 1 is 1.43 bits per heavy atom. The highest BCUT2D eigenvalue weighted by molar-refractivity contribution is 5.45. The van der Waals surface area contributed by atoms with E-state index in [0.29, 0.717) is 11.5 Å². The van der Waals surface area contributed by atoms with Gasteiger partial charge < -0.3 is 9.94 Å². The fourth-order valence-electron chi connectivity index (χ4n) is 0.921. The molecule has 0 saturated heterocycles. The molecule has 5 nitrogen and oxygen atoms in total. The van der Waals surface area contributed by atoms with Crippen molar-refractivity contribution in [3.8, 4) is 5.75 Å². The van der Waals surface area contributed by atoms with Crippen molar-refractivity contribution >= 4 is 5.69 Å². The van der Waals surface area contributed by atoms with E-state index in [9.17, 15) is 5.21 Å². The fraction of sp³-hybridized carbons (Fsp3) is 0.333. The van der Waals surface area contributed by atoms with E-state index in [-0.39, 0.29) is 0 Å². The first-order chi connectivity index (χ1) is 6.72. The minimum absolute atomic E-state index is 0.455. The Morgan fingerprint density at radius 2 is 2.07 bits per heavy atom. The quantitative estimate of drug-likeness (QED) is 0.454. The summed E-state index contributed by atoms with van der Waals surface area (Å²) in [5.74, 6) is 0.800. The Bertz CT molecular complexity index is 304. The molecular weight excluding hydrogens is 182 g/mol. The summed E-state index contributed by atoms with van der Waals surface area (Å²) in [6, 6.07) is 7.20. The molecule has 1 aromatic rings. The van der Waals surface area contributed by atoms with Crippen LogP contribution in [-0.4, -0.2) is 18.5 Å². The predicted molar refractivity (Wildman–Crippen MR) is 53.2 cm³/mol. The average molecular weight is 195 g/mol. The van der Waals surface area contributed by atoms with Gasteiger partial charge in [0.2, 0.25) is 0 Å². The van der Waals surface area contributed by atoms with Crippen LogP contribution in [0.5, 0.6) is 5.75 Å². The number of hydrogen-bond donors (Lipinski definition) is 1. The van der Waals surface area contributed by atoms with Gasteiger partial charge in [-0.3, -0.25) is 0 Å². The second-order valence-corrected chi connectivity index (χ2v) is 2.63. The molecule has 0 aliphatic heterocycles. The minimum Gasteiger partial charge on any atom is -0.696 e. The molecule has 0 bridgehead atoms. The van der Waals surface area contributed by atoms with Crippen LogP contribution in [-0.2, 0) is 0 Å². The molecule has 1 rings (SSSR count). The molecule has 1 aromatic carbocycles. The van der Waals surface area contributed by atoms with Crippen LogP contribution in [0, 0.1) is 5.21 Å². The van der Waals surface area contributed by atoms with Crippen molar-refractivity contribution in [1.29, 1.82) is 0 Å². The van der Waals surface area contributed by atoms with Crippen molar-refractivity contribution in [1.82, 2.24) is 0 Å². The maximum absolute atomic E-state index is 10.4. The van der Waals surface area contributed by atoms with E-state index in [4.69, 9.17) is 4.74 Å². The molecule has 0 heterocycles. The maximum atomic E-state index is 10.4. The molecule has 0 fully saturated rings. The van der Waals surface area contributed by atoms with Gasteiger partial charge in [0.15, 0.2) is 0 Å². The van der Waals surface area contributed by atoms with Gasteiger partial charge in [-0.1, -0.05) is 0 Å². The Labute approximate surface area is 82.6 Å². The summed E-state index contributed by atoms with van der Waals surface area (Å²) < 4.78 is 5.26. The topological polar surface area (TPSA) is 59.7 Å². The SMILES string of the molecule is CCOc1ccc(N/N=[N+](/C)[O-])cc1. The molecule has 1 N–H and O–H groups in total. The standard InChI is InChI=1S/C9H13N3O2/c1-3-14-9-6-4-8(5-7-9)10-11-12(2)13/h4-7,10H,3H2,1-2H3/b12-11-. The number of ether oxygens (including phenoxy) is 1. The lowest BCUT2D eigenvalue weighted by molar-refractivity contribution is -0.497. The molecule has 0 aliphatic rings. The number of nitrogens with zero attached hydrogens (tertiary/aromatic N) is 2. The Morgan fingerprint density at radius 3 is 2.57 bits per heavy atom. The first-order valence-electron chi connectivity index (χ1n) is 4.32. The summed E-state index contributed by atoms with van der Waals surface area (Å²) in [6.07, 6.45) is 0. The molecule has 0 atom stereocenters. The third kappa shape index (κ3) is 3.30. The number of benzene rings is 1. The summed E-state index contributed by atoms with van der Waals surface area (Å²) in [5.41, 5.74) is 3.34. The molecule has 76 valence electrons. The molecule has 14 heavy (non-hydrogen) atoms. The van der Waals surface area contributed by atoms with Crippen LogP contribution in [0.25, 0.3) is 0 Å². The van der Waals surface area contributed by atoms with Gasteiger partial charge in [-0.05, 0) is 31.2 Å². The lowest BCUT2D eigenvalue weighted by atomic mass is 10.3. The van der Waals surface area contributed by atoms with E-state index in [0.717, 1.165) is 11.4 Å². The van der Waals surface area contributed by atoms with Crippen LogP contribution in [0.2, 0.25) is 0 Å². The van der Waals surface area contributed by atoms with Gasteiger partial charge in [-0.25, -0.2) is 0 Å². The molecule has 0 unspecified atom stereocenters. The molecule has 0 saturated carbocycles. The smallest absolute Gasteiger partial charge is 0.147 e. The molecule has 0 aliphatic carbocycles. The van der Waals surface area contributed by atoms with E-state index < -0.39 is 0 Å². The van der Waals surface area contributed by atoms with Gasteiger partial charge in [0.25, 0.3) is 0 Å². The number of anilines is 1. The highest BCUT2D eigenvalue weighted by Crippen LogP contribution is 2.15. The van der Waals surface area contributed by atoms with E-state index in [1.807, 2.05) is 19.1 Å². The summed E-state index contributed by atoms with van der Waals surface area (Å²) in [4.78, 5) is 0.455. The molecule has 5 heteroatoms. The van der Waals surface area contributed by atoms with E-state index in [2.05, 4.69) is 10.6 Å². The average Bonchev–Trinajstić information content (AvgIpc) is 2.17. The van der Waals surface area contributed by atoms with E-state index in [1.54, 1.807) is 12.1 Å². The van der Waals surface area contributed by atoms with Gasteiger partial charge in [0.1, 0.15) is 18.5 Å². The number of nitrogens with one attached hydrogen (secondary N) is 1. The highest BCUT2D eigenvalue weighted by Gasteiger charge is 1.96. The first kappa shape index (κ1) is 10.3. The van der Waals surface area contributed by atoms with Crippen LogP contribution >= 0.6 is 0 Å². The predicted octanol–water partition coefficient (Wildman–Crippen LogP) is 2.00. The van der Waals surface area contributed by atoms with Crippen molar-refractivity contribution in [3.05, 3.63) is 29.5 Å². The second-order valence-electron chi connectivity index (χ2n) is 2.63. The van der Waals surface area contributed by atoms with Crippen LogP contribution in [0.15, 0.2) is 29.5 Å². The Balaban J connectivity index is 2.59. The number of hydroxylamine groups is 1. The summed E-state index contributed by atoms with van der Waals surface area (Å²) in [6.45, 7) is 2.56. The van der Waals surface area contributed by atoms with Gasteiger partial charge in [-0.15, -0.1) is 5.43 Å². The minimum atomic E-state index is 0.455. The van der Waals surface area contributed by atoms with Crippen LogP contribution < -0.4 is 10.2 Å². The van der Waals surface area contributed by atoms with Crippen molar-refractivity contribution in [2.75, 3.05) is 19.1 Å². The third-order valence-electron chi connectivity index (χ3n) is 1.49. The number of rotatable bonds is 4. The summed E-state index contributed by atoms with van der Waals surface area (Å²) in [5, 5.41) is 13.9. The largest absolute Gasteiger partial charge is 0.696 e. The van der Waals surface area contributed by atoms with Crippen LogP contribution in [0.1, 0.15) is 6.92 Å². The fourth-order valence-corrected chi connectivity index (χ4v) is 0.921. The van der Waals surface area contributed by atoms with Crippen LogP contribution in [0.3, 0.4) is 0 Å². The Kier molecular flexibility index (Phi) is 3.72. The van der Waals surface area contributed by atoms with Gasteiger partial charge in [0, 0.05) is 0 Å². The Hall–Kier alpha value is -1.78. The van der Waals surface area contributed by atoms with Gasteiger partial charge >= 0.3 is 0 Å². The van der Waals surface area contributed by atoms with Crippen molar-refractivity contribution < 1.29 is 9.60 Å². The molecule has 0 aromatic heterocycles. The molecule has 0 amide bonds. The highest BCUT2D eigenvalue weighted by atomic mass is 16.5. The monoisotopic (exact) mass is 195 g/mol. The van der Waals surface area contributed by atoms with Crippen LogP contribution in [0.4, 0.5) is 5.69 Å². The van der Waals surface area contributed by atoms with Crippen molar-refractivity contribution in [2.45, 2.75) is 6.92 Å². The van der Waals surface area contributed by atoms with E-state index >= 15 is 0 Å². The number of hydrogen-bond acceptors (Lipinski definition) is 3. The lowest BCUT2D eigenvalue weighted by Crippen LogP contribution is -1.97. The van der Waals surface area contributed by atoms with Gasteiger partial charge in [-0.2, -0.15) is 4.86 Å². The summed E-state index contributed by atoms with van der Waals surface area (Å²) >= 11 is 0. The molecule has 0 radical (unpaired) electrons. The maximum Gasteiger partial charge on any atom is 0.147 e. The zero-order chi connectivity index (χ0) is 10.4. The molecular formula is C9H13N3O2. The van der Waals surface area contributed by atoms with Crippen molar-refractivity contribution in [2.24, 2.45) is 5.22 Å². The zero-order valence-electron chi connectivity index (χ0n) is 8.23. The molecule has 0 spiro atoms. The third-order valence-corrected chi connectivity index (χ3v) is 1.49. The van der Waals surface area contributed by atoms with Gasteiger partial charge in [0.05, 0.1) is 11.8 Å². The normalized spacial score (nSPS) is 11.1. The van der Waals surface area contributed by atoms with E-state index in [1.165, 1.54) is 7.05 Å². The lowest BCUT2D eigenvalue weighted by Gasteiger charge is -2.02. The second kappa shape index (κ2) is 5.06. The summed E-state index contributed by atoms with van der Waals surface area (Å²) in [7, 11) is 1.31. The first-order valence-corrected chi connectivity index (χ1v) is 4.32.